The lowest BCUT2D eigenvalue weighted by Gasteiger charge is -2.06. The number of hydrogen-bond acceptors (Lipinski definition) is 2. The first-order valence-corrected chi connectivity index (χ1v) is 9.16. The van der Waals surface area contributed by atoms with E-state index < -0.39 is 5.91 Å². The normalized spacial score (nSPS) is 10.8. The van der Waals surface area contributed by atoms with Gasteiger partial charge in [-0.2, -0.15) is 5.10 Å². The van der Waals surface area contributed by atoms with Gasteiger partial charge in [0.05, 0.1) is 27.2 Å². The van der Waals surface area contributed by atoms with Crippen molar-refractivity contribution in [3.05, 3.63) is 78.8 Å². The molecule has 134 valence electrons. The molecule has 4 nitrogen and oxygen atoms in total. The zero-order valence-corrected chi connectivity index (χ0v) is 16.7. The molecule has 0 radical (unpaired) electrons. The third-order valence-electron chi connectivity index (χ3n) is 3.45. The molecule has 1 amide bonds. The highest BCUT2D eigenvalue weighted by atomic mass is 35.5. The fourth-order valence-corrected chi connectivity index (χ4v) is 3.25. The topological polar surface area (TPSA) is 46.9 Å². The molecule has 0 aliphatic carbocycles. The molecular formula is C17H10Cl5N3O. The molecule has 3 rings (SSSR count). The van der Waals surface area contributed by atoms with Crippen LogP contribution in [-0.2, 0) is 6.54 Å². The van der Waals surface area contributed by atoms with E-state index in [9.17, 15) is 4.79 Å². The second-order valence-electron chi connectivity index (χ2n) is 5.35. The van der Waals surface area contributed by atoms with Crippen molar-refractivity contribution in [2.45, 2.75) is 6.54 Å². The number of amides is 1. The van der Waals surface area contributed by atoms with Gasteiger partial charge in [0, 0.05) is 11.2 Å². The molecule has 0 aliphatic rings. The van der Waals surface area contributed by atoms with E-state index in [-0.39, 0.29) is 16.4 Å². The number of rotatable bonds is 4. The quantitative estimate of drug-likeness (QED) is 0.497. The molecule has 0 bridgehead atoms. The first-order chi connectivity index (χ1) is 12.3. The molecule has 2 aromatic carbocycles. The minimum absolute atomic E-state index is 0.225. The summed E-state index contributed by atoms with van der Waals surface area (Å²) in [5.74, 6) is -0.212. The molecule has 26 heavy (non-hydrogen) atoms. The summed E-state index contributed by atoms with van der Waals surface area (Å²) >= 11 is 30.0. The Morgan fingerprint density at radius 3 is 2.38 bits per heavy atom. The summed E-state index contributed by atoms with van der Waals surface area (Å²) in [7, 11) is 0. The fourth-order valence-electron chi connectivity index (χ4n) is 2.24. The van der Waals surface area contributed by atoms with Crippen LogP contribution in [0.1, 0.15) is 15.9 Å². The number of carbonyl (C=O) groups excluding carboxylic acids is 1. The van der Waals surface area contributed by atoms with Crippen molar-refractivity contribution >= 4 is 69.7 Å². The van der Waals surface area contributed by atoms with Crippen molar-refractivity contribution in [2.24, 2.45) is 0 Å². The molecule has 0 saturated heterocycles. The van der Waals surface area contributed by atoms with Crippen LogP contribution in [0, 0.1) is 0 Å². The Kier molecular flexibility index (Phi) is 6.00. The zero-order valence-electron chi connectivity index (χ0n) is 12.9. The standard InChI is InChI=1S/C17H10Cl5N3O/c18-10-2-3-11(13(20)6-10)17(26)23-16-15(22)8-25(24-16)7-9-1-4-12(19)14(21)5-9/h1-6,8H,7H2,(H,23,24,26). The minimum Gasteiger partial charge on any atom is -0.304 e. The van der Waals surface area contributed by atoms with Crippen molar-refractivity contribution in [1.82, 2.24) is 9.78 Å². The van der Waals surface area contributed by atoms with E-state index in [1.165, 1.54) is 12.1 Å². The maximum absolute atomic E-state index is 12.4. The Balaban J connectivity index is 1.77. The van der Waals surface area contributed by atoms with Crippen LogP contribution in [0.5, 0.6) is 0 Å². The highest BCUT2D eigenvalue weighted by Crippen LogP contribution is 2.26. The molecule has 0 unspecified atom stereocenters. The van der Waals surface area contributed by atoms with Crippen molar-refractivity contribution in [3.8, 4) is 0 Å². The van der Waals surface area contributed by atoms with Gasteiger partial charge in [-0.25, -0.2) is 0 Å². The molecule has 0 aliphatic heterocycles. The van der Waals surface area contributed by atoms with Gasteiger partial charge in [0.15, 0.2) is 5.82 Å². The van der Waals surface area contributed by atoms with Crippen LogP contribution in [0.4, 0.5) is 5.82 Å². The number of carbonyl (C=O) groups is 1. The number of nitrogens with one attached hydrogen (secondary N) is 1. The molecule has 0 saturated carbocycles. The van der Waals surface area contributed by atoms with Crippen LogP contribution in [0.3, 0.4) is 0 Å². The number of hydrogen-bond donors (Lipinski definition) is 1. The Bertz CT molecular complexity index is 987. The van der Waals surface area contributed by atoms with Crippen LogP contribution in [0.25, 0.3) is 0 Å². The summed E-state index contributed by atoms with van der Waals surface area (Å²) in [6.45, 7) is 0.411. The van der Waals surface area contributed by atoms with Gasteiger partial charge in [-0.15, -0.1) is 0 Å². The van der Waals surface area contributed by atoms with E-state index >= 15 is 0 Å². The van der Waals surface area contributed by atoms with E-state index in [1.54, 1.807) is 29.1 Å². The lowest BCUT2D eigenvalue weighted by molar-refractivity contribution is 0.102. The van der Waals surface area contributed by atoms with Crippen LogP contribution >= 0.6 is 58.0 Å². The molecular weight excluding hydrogens is 439 g/mol. The maximum atomic E-state index is 12.4. The van der Waals surface area contributed by atoms with Crippen LogP contribution in [0.2, 0.25) is 25.1 Å². The number of nitrogens with zero attached hydrogens (tertiary/aromatic N) is 2. The predicted octanol–water partition coefficient (Wildman–Crippen LogP) is 6.45. The Hall–Kier alpha value is -1.43. The summed E-state index contributed by atoms with van der Waals surface area (Å²) in [5.41, 5.74) is 1.16. The van der Waals surface area contributed by atoms with Gasteiger partial charge in [-0.3, -0.25) is 9.48 Å². The zero-order chi connectivity index (χ0) is 18.8. The van der Waals surface area contributed by atoms with Gasteiger partial charge < -0.3 is 5.32 Å². The molecule has 1 N–H and O–H groups in total. The predicted molar refractivity (Wildman–Crippen MR) is 107 cm³/mol. The van der Waals surface area contributed by atoms with Crippen LogP contribution in [-0.4, -0.2) is 15.7 Å². The highest BCUT2D eigenvalue weighted by Gasteiger charge is 2.15. The molecule has 0 fully saturated rings. The van der Waals surface area contributed by atoms with Crippen LogP contribution < -0.4 is 5.32 Å². The van der Waals surface area contributed by atoms with Crippen molar-refractivity contribution in [1.29, 1.82) is 0 Å². The molecule has 1 heterocycles. The van der Waals surface area contributed by atoms with E-state index in [0.717, 1.165) is 5.56 Å². The number of aromatic nitrogens is 2. The van der Waals surface area contributed by atoms with E-state index in [2.05, 4.69) is 10.4 Å². The van der Waals surface area contributed by atoms with Crippen molar-refractivity contribution in [3.63, 3.8) is 0 Å². The average Bonchev–Trinajstić information content (AvgIpc) is 2.90. The third kappa shape index (κ3) is 4.45. The fraction of sp³-hybridized carbons (Fsp3) is 0.0588. The second kappa shape index (κ2) is 8.07. The molecule has 3 aromatic rings. The Labute approximate surface area is 174 Å². The van der Waals surface area contributed by atoms with Gasteiger partial charge in [-0.05, 0) is 35.9 Å². The molecule has 0 spiro atoms. The van der Waals surface area contributed by atoms with E-state index in [1.807, 2.05) is 6.07 Å². The number of anilines is 1. The lowest BCUT2D eigenvalue weighted by Crippen LogP contribution is -2.13. The Morgan fingerprint density at radius 1 is 0.923 bits per heavy atom. The second-order valence-corrected chi connectivity index (χ2v) is 7.42. The minimum atomic E-state index is -0.437. The third-order valence-corrected chi connectivity index (χ3v) is 5.02. The van der Waals surface area contributed by atoms with Gasteiger partial charge in [0.25, 0.3) is 5.91 Å². The SMILES string of the molecule is O=C(Nc1nn(Cc2ccc(Cl)c(Cl)c2)cc1Cl)c1ccc(Cl)cc1Cl. The van der Waals surface area contributed by atoms with Crippen molar-refractivity contribution in [2.75, 3.05) is 5.32 Å². The summed E-state index contributed by atoms with van der Waals surface area (Å²) in [4.78, 5) is 12.4. The average molecular weight is 450 g/mol. The summed E-state index contributed by atoms with van der Waals surface area (Å²) < 4.78 is 1.58. The number of benzene rings is 2. The summed E-state index contributed by atoms with van der Waals surface area (Å²) in [5, 5.41) is 8.81. The van der Waals surface area contributed by atoms with E-state index in [0.29, 0.717) is 26.6 Å². The summed E-state index contributed by atoms with van der Waals surface area (Å²) in [6.07, 6.45) is 1.60. The van der Waals surface area contributed by atoms with Gasteiger partial charge in [-0.1, -0.05) is 64.1 Å². The largest absolute Gasteiger partial charge is 0.304 e. The lowest BCUT2D eigenvalue weighted by atomic mass is 10.2. The van der Waals surface area contributed by atoms with Gasteiger partial charge in [0.2, 0.25) is 0 Å². The first kappa shape index (κ1) is 19.3. The molecule has 0 atom stereocenters. The highest BCUT2D eigenvalue weighted by molar-refractivity contribution is 6.42. The smallest absolute Gasteiger partial charge is 0.258 e. The van der Waals surface area contributed by atoms with E-state index in [4.69, 9.17) is 58.0 Å². The van der Waals surface area contributed by atoms with Crippen LogP contribution in [0.15, 0.2) is 42.6 Å². The monoisotopic (exact) mass is 447 g/mol. The van der Waals surface area contributed by atoms with Gasteiger partial charge >= 0.3 is 0 Å². The van der Waals surface area contributed by atoms with Gasteiger partial charge in [0.1, 0.15) is 5.02 Å². The van der Waals surface area contributed by atoms with Crippen molar-refractivity contribution < 1.29 is 4.79 Å². The first-order valence-electron chi connectivity index (χ1n) is 7.27. The molecule has 1 aromatic heterocycles. The number of halogens is 5. The maximum Gasteiger partial charge on any atom is 0.258 e. The Morgan fingerprint density at radius 2 is 1.69 bits per heavy atom. The summed E-state index contributed by atoms with van der Waals surface area (Å²) in [6, 6.07) is 9.87. The molecule has 9 heteroatoms.